The van der Waals surface area contributed by atoms with Crippen LogP contribution in [0.15, 0.2) is 0 Å². The van der Waals surface area contributed by atoms with Crippen molar-refractivity contribution in [1.82, 2.24) is 16.5 Å². The summed E-state index contributed by atoms with van der Waals surface area (Å²) in [5.41, 5.74) is 11.3. The maximum Gasteiger partial charge on any atom is -0.0700 e. The van der Waals surface area contributed by atoms with E-state index >= 15 is 0 Å². The van der Waals surface area contributed by atoms with E-state index in [9.17, 15) is 0 Å². The van der Waals surface area contributed by atoms with Gasteiger partial charge in [0, 0.05) is 0 Å². The second-order valence-electron chi connectivity index (χ2n) is 0.730. The summed E-state index contributed by atoms with van der Waals surface area (Å²) in [4.78, 5) is 0. The van der Waals surface area contributed by atoms with E-state index < -0.39 is 0 Å². The predicted molar refractivity (Wildman–Crippen MR) is 17.6 cm³/mol. The van der Waals surface area contributed by atoms with Gasteiger partial charge in [-0.3, -0.25) is 5.43 Å². The molecule has 0 aliphatic carbocycles. The molecular formula is CH5N4-. The lowest BCUT2D eigenvalue weighted by Gasteiger charge is -2.00. The first-order valence-electron chi connectivity index (χ1n) is 1.39. The average molecular weight is 73.1 g/mol. The third-order valence-electron chi connectivity index (χ3n) is 0.381. The highest BCUT2D eigenvalue weighted by molar-refractivity contribution is 4.68. The van der Waals surface area contributed by atoms with Gasteiger partial charge in [-0.2, -0.15) is 0 Å². The number of hydrogen-bond donors (Lipinski definition) is 3. The van der Waals surface area contributed by atoms with Gasteiger partial charge < -0.3 is 11.0 Å². The largest absolute Gasteiger partial charge is 0.568 e. The van der Waals surface area contributed by atoms with Crippen molar-refractivity contribution in [3.8, 4) is 0 Å². The molecule has 1 saturated heterocycles. The molecule has 0 atom stereocenters. The average Bonchev–Trinajstić information content (AvgIpc) is 1.76. The zero-order valence-electron chi connectivity index (χ0n) is 2.65. The molecule has 5 heavy (non-hydrogen) atoms. The quantitative estimate of drug-likeness (QED) is 0.339. The van der Waals surface area contributed by atoms with E-state index in [2.05, 4.69) is 21.9 Å². The molecule has 3 N–H and O–H groups in total. The minimum Gasteiger partial charge on any atom is -0.568 e. The Morgan fingerprint density at radius 1 is 1.60 bits per heavy atom. The standard InChI is InChI=1S/CH5N4/c1-2-4-5-3-1/h2,4-5H,1H2/q-1. The summed E-state index contributed by atoms with van der Waals surface area (Å²) in [5.74, 6) is 0. The van der Waals surface area contributed by atoms with Crippen molar-refractivity contribution in [2.45, 2.75) is 0 Å². The minimum atomic E-state index is 0.653. The number of nitrogens with zero attached hydrogens (tertiary/aromatic N) is 1. The van der Waals surface area contributed by atoms with Gasteiger partial charge in [-0.25, -0.2) is 5.53 Å². The van der Waals surface area contributed by atoms with Crippen molar-refractivity contribution in [1.29, 1.82) is 0 Å². The van der Waals surface area contributed by atoms with Crippen molar-refractivity contribution >= 4 is 0 Å². The smallest absolute Gasteiger partial charge is 0.0700 e. The van der Waals surface area contributed by atoms with Crippen LogP contribution in [0, 0.1) is 0 Å². The highest BCUT2D eigenvalue weighted by Gasteiger charge is 1.72. The van der Waals surface area contributed by atoms with Crippen molar-refractivity contribution in [2.75, 3.05) is 6.67 Å². The van der Waals surface area contributed by atoms with Gasteiger partial charge in [0.2, 0.25) is 0 Å². The fraction of sp³-hybridized carbons (Fsp3) is 1.00. The Balaban J connectivity index is 2.08. The highest BCUT2D eigenvalue weighted by Crippen LogP contribution is 1.70. The molecule has 0 amide bonds. The summed E-state index contributed by atoms with van der Waals surface area (Å²) in [6, 6.07) is 0. The Kier molecular flexibility index (Phi) is 0.806. The number of hydrazine groups is 2. The molecule has 1 aliphatic rings. The van der Waals surface area contributed by atoms with Crippen LogP contribution in [-0.2, 0) is 0 Å². The van der Waals surface area contributed by atoms with Crippen LogP contribution in [0.1, 0.15) is 0 Å². The molecular weight excluding hydrogens is 68.0 g/mol. The van der Waals surface area contributed by atoms with E-state index in [-0.39, 0.29) is 0 Å². The molecule has 0 saturated carbocycles. The third kappa shape index (κ3) is 0.555. The molecule has 0 aromatic carbocycles. The van der Waals surface area contributed by atoms with Gasteiger partial charge in [0.25, 0.3) is 0 Å². The molecule has 0 unspecified atom stereocenters. The summed E-state index contributed by atoms with van der Waals surface area (Å²) in [6.45, 7) is 0.653. The van der Waals surface area contributed by atoms with Crippen molar-refractivity contribution in [3.63, 3.8) is 0 Å². The summed E-state index contributed by atoms with van der Waals surface area (Å²) < 4.78 is 0. The maximum absolute atomic E-state index is 3.61. The molecule has 1 aliphatic heterocycles. The van der Waals surface area contributed by atoms with Crippen LogP contribution in [0.25, 0.3) is 5.43 Å². The van der Waals surface area contributed by atoms with Gasteiger partial charge in [0.05, 0.1) is 0 Å². The van der Waals surface area contributed by atoms with Crippen LogP contribution >= 0.6 is 0 Å². The molecule has 30 valence electrons. The molecule has 1 heterocycles. The van der Waals surface area contributed by atoms with E-state index in [1.165, 1.54) is 0 Å². The summed E-state index contributed by atoms with van der Waals surface area (Å²) >= 11 is 0. The Morgan fingerprint density at radius 3 is 2.80 bits per heavy atom. The number of rotatable bonds is 0. The summed E-state index contributed by atoms with van der Waals surface area (Å²) in [6.07, 6.45) is 0. The summed E-state index contributed by atoms with van der Waals surface area (Å²) in [5, 5.41) is 0. The van der Waals surface area contributed by atoms with E-state index in [0.717, 1.165) is 0 Å². The molecule has 0 bridgehead atoms. The molecule has 0 aromatic rings. The van der Waals surface area contributed by atoms with Gasteiger partial charge >= 0.3 is 0 Å². The van der Waals surface area contributed by atoms with Gasteiger partial charge in [0.1, 0.15) is 0 Å². The van der Waals surface area contributed by atoms with Crippen LogP contribution in [0.4, 0.5) is 0 Å². The van der Waals surface area contributed by atoms with E-state index in [1.54, 1.807) is 0 Å². The first kappa shape index (κ1) is 3.05. The maximum atomic E-state index is 3.61. The van der Waals surface area contributed by atoms with Crippen LogP contribution in [0.5, 0.6) is 0 Å². The molecule has 1 fully saturated rings. The van der Waals surface area contributed by atoms with Crippen LogP contribution < -0.4 is 16.5 Å². The van der Waals surface area contributed by atoms with Crippen molar-refractivity contribution in [3.05, 3.63) is 5.43 Å². The normalized spacial score (nSPS) is 24.0. The molecule has 0 radical (unpaired) electrons. The van der Waals surface area contributed by atoms with E-state index in [4.69, 9.17) is 0 Å². The Hall–Kier alpha value is -0.160. The van der Waals surface area contributed by atoms with Gasteiger partial charge in [-0.05, 0) is 0 Å². The fourth-order valence-corrected chi connectivity index (χ4v) is 0.198. The lowest BCUT2D eigenvalue weighted by atomic mass is 11.2. The lowest BCUT2D eigenvalue weighted by Crippen LogP contribution is -2.29. The Morgan fingerprint density at radius 2 is 2.60 bits per heavy atom. The number of nitrogens with one attached hydrogen (secondary N) is 3. The van der Waals surface area contributed by atoms with E-state index in [0.29, 0.717) is 6.67 Å². The summed E-state index contributed by atoms with van der Waals surface area (Å²) in [7, 11) is 0. The van der Waals surface area contributed by atoms with Gasteiger partial charge in [0.15, 0.2) is 0 Å². The van der Waals surface area contributed by atoms with Gasteiger partial charge in [-0.1, -0.05) is 6.67 Å². The monoisotopic (exact) mass is 73.1 g/mol. The van der Waals surface area contributed by atoms with E-state index in [1.807, 2.05) is 0 Å². The topological polar surface area (TPSA) is 50.2 Å². The van der Waals surface area contributed by atoms with Crippen LogP contribution in [0.3, 0.4) is 0 Å². The zero-order valence-corrected chi connectivity index (χ0v) is 2.65. The molecule has 1 rings (SSSR count). The molecule has 0 spiro atoms. The molecule has 0 aromatic heterocycles. The number of hydrogen-bond acceptors (Lipinski definition) is 3. The Labute approximate surface area is 29.8 Å². The minimum absolute atomic E-state index is 0.653. The molecule has 4 heteroatoms. The second kappa shape index (κ2) is 1.32. The zero-order chi connectivity index (χ0) is 3.54. The van der Waals surface area contributed by atoms with Crippen LogP contribution in [-0.4, -0.2) is 6.67 Å². The van der Waals surface area contributed by atoms with Crippen LogP contribution in [0.2, 0.25) is 0 Å². The molecule has 4 nitrogen and oxygen atoms in total. The van der Waals surface area contributed by atoms with Crippen molar-refractivity contribution < 1.29 is 0 Å². The highest BCUT2D eigenvalue weighted by atomic mass is 15.8. The lowest BCUT2D eigenvalue weighted by molar-refractivity contribution is 0.602. The fourth-order valence-electron chi connectivity index (χ4n) is 0.198. The Bertz CT molecular complexity index is 15.2. The SMILES string of the molecule is C1[N-]NNN1. The predicted octanol–water partition coefficient (Wildman–Crippen LogP) is -1.16. The van der Waals surface area contributed by atoms with Gasteiger partial charge in [-0.15, -0.1) is 0 Å². The third-order valence-corrected chi connectivity index (χ3v) is 0.381. The van der Waals surface area contributed by atoms with Crippen molar-refractivity contribution in [2.24, 2.45) is 0 Å². The first-order chi connectivity index (χ1) is 2.50. The second-order valence-corrected chi connectivity index (χ2v) is 0.730. The first-order valence-corrected chi connectivity index (χ1v) is 1.39.